The van der Waals surface area contributed by atoms with Crippen LogP contribution in [-0.2, 0) is 19.1 Å². The number of aliphatic hydroxyl groups is 1. The fraction of sp³-hybridized carbons (Fsp3) is 0.852. The Balaban J connectivity index is 3.37. The number of rotatable bonds is 48. The predicted molar refractivity (Wildman–Crippen MR) is 256 cm³/mol. The van der Waals surface area contributed by atoms with Crippen molar-refractivity contribution in [2.45, 2.75) is 283 Å². The lowest BCUT2D eigenvalue weighted by Gasteiger charge is -2.15. The lowest BCUT2D eigenvalue weighted by atomic mass is 10.0. The molecule has 0 heterocycles. The van der Waals surface area contributed by atoms with E-state index in [-0.39, 0.29) is 25.2 Å². The predicted octanol–water partition coefficient (Wildman–Crippen LogP) is 17.1. The maximum Gasteiger partial charge on any atom is 0.306 e. The average Bonchev–Trinajstić information content (AvgIpc) is 3.24. The molecule has 0 saturated heterocycles. The van der Waals surface area contributed by atoms with Gasteiger partial charge in [0.15, 0.2) is 6.10 Å². The van der Waals surface area contributed by atoms with Crippen LogP contribution in [-0.4, -0.2) is 36.4 Å². The quantitative estimate of drug-likeness (QED) is 0.0376. The van der Waals surface area contributed by atoms with Crippen LogP contribution in [0.25, 0.3) is 0 Å². The van der Waals surface area contributed by atoms with E-state index in [2.05, 4.69) is 50.3 Å². The first kappa shape index (κ1) is 57.1. The first-order valence-corrected chi connectivity index (χ1v) is 26.0. The van der Waals surface area contributed by atoms with Gasteiger partial charge in [-0.2, -0.15) is 0 Å². The highest BCUT2D eigenvalue weighted by molar-refractivity contribution is 5.70. The molecule has 0 aliphatic rings. The Morgan fingerprint density at radius 2 is 0.712 bits per heavy atom. The highest BCUT2D eigenvalue weighted by Gasteiger charge is 2.16. The van der Waals surface area contributed by atoms with Crippen LogP contribution < -0.4 is 0 Å². The number of unbranched alkanes of at least 4 members (excludes halogenated alkanes) is 34. The minimum atomic E-state index is -0.770. The van der Waals surface area contributed by atoms with Gasteiger partial charge in [0.05, 0.1) is 6.61 Å². The Kier molecular flexibility index (Phi) is 48.9. The number of ether oxygens (including phenoxy) is 2. The van der Waals surface area contributed by atoms with Crippen molar-refractivity contribution in [2.75, 3.05) is 13.2 Å². The molecule has 1 unspecified atom stereocenters. The van der Waals surface area contributed by atoms with E-state index in [1.54, 1.807) is 0 Å². The molecule has 346 valence electrons. The molecular weight excluding hydrogens is 729 g/mol. The van der Waals surface area contributed by atoms with Gasteiger partial charge >= 0.3 is 11.9 Å². The summed E-state index contributed by atoms with van der Waals surface area (Å²) in [5.74, 6) is -0.593. The molecule has 0 fully saturated rings. The van der Waals surface area contributed by atoms with E-state index in [1.165, 1.54) is 193 Å². The summed E-state index contributed by atoms with van der Waals surface area (Å²) >= 11 is 0. The normalized spacial score (nSPS) is 12.4. The average molecular weight is 829 g/mol. The Labute approximate surface area is 367 Å². The van der Waals surface area contributed by atoms with Crippen LogP contribution in [0.4, 0.5) is 0 Å². The minimum Gasteiger partial charge on any atom is -0.462 e. The van der Waals surface area contributed by atoms with Crippen molar-refractivity contribution < 1.29 is 24.2 Å². The van der Waals surface area contributed by atoms with E-state index >= 15 is 0 Å². The molecule has 0 aliphatic carbocycles. The number of esters is 2. The number of carbonyl (C=O) groups excluding carboxylic acids is 2. The molecule has 0 bridgehead atoms. The zero-order valence-electron chi connectivity index (χ0n) is 39.5. The van der Waals surface area contributed by atoms with Gasteiger partial charge in [0.2, 0.25) is 0 Å². The van der Waals surface area contributed by atoms with E-state index in [0.29, 0.717) is 12.8 Å². The number of carbonyl (C=O) groups is 2. The number of hydrogen-bond donors (Lipinski definition) is 1. The van der Waals surface area contributed by atoms with Gasteiger partial charge in [-0.3, -0.25) is 9.59 Å². The molecule has 0 aromatic rings. The molecular formula is C54H100O5. The Morgan fingerprint density at radius 3 is 1.08 bits per heavy atom. The van der Waals surface area contributed by atoms with Crippen LogP contribution in [0.1, 0.15) is 277 Å². The van der Waals surface area contributed by atoms with Crippen molar-refractivity contribution in [3.8, 4) is 0 Å². The van der Waals surface area contributed by atoms with Gasteiger partial charge in [-0.15, -0.1) is 0 Å². The topological polar surface area (TPSA) is 72.8 Å². The largest absolute Gasteiger partial charge is 0.462 e. The van der Waals surface area contributed by atoms with E-state index in [9.17, 15) is 14.7 Å². The van der Waals surface area contributed by atoms with Crippen LogP contribution in [0.5, 0.6) is 0 Å². The van der Waals surface area contributed by atoms with Gasteiger partial charge in [-0.1, -0.05) is 237 Å². The summed E-state index contributed by atoms with van der Waals surface area (Å²) in [4.78, 5) is 24.3. The van der Waals surface area contributed by atoms with Gasteiger partial charge in [-0.05, 0) is 64.2 Å². The number of hydrogen-bond acceptors (Lipinski definition) is 5. The lowest BCUT2D eigenvalue weighted by Crippen LogP contribution is -2.28. The standard InChI is InChI=1S/C54H100O5/c1-3-5-7-9-11-13-15-16-17-18-19-20-21-22-23-24-25-26-27-28-29-30-31-32-33-34-35-36-37-38-39-41-43-45-47-49-54(57)59-52(50-55)51-58-53(56)48-46-44-42-40-14-12-10-8-6-4-2/h8,10,15-16,18-19,52,55H,3-7,9,11-14,17,20-51H2,1-2H3/b10-8-,16-15-,19-18-. The molecule has 0 spiro atoms. The zero-order chi connectivity index (χ0) is 42.8. The molecule has 0 aromatic carbocycles. The maximum atomic E-state index is 12.2. The third-order valence-corrected chi connectivity index (χ3v) is 11.6. The van der Waals surface area contributed by atoms with Crippen LogP contribution >= 0.6 is 0 Å². The van der Waals surface area contributed by atoms with E-state index in [0.717, 1.165) is 57.8 Å². The summed E-state index contributed by atoms with van der Waals surface area (Å²) < 4.78 is 10.6. The van der Waals surface area contributed by atoms with Crippen molar-refractivity contribution >= 4 is 11.9 Å². The molecule has 1 N–H and O–H groups in total. The van der Waals surface area contributed by atoms with Gasteiger partial charge in [0, 0.05) is 12.8 Å². The van der Waals surface area contributed by atoms with Crippen LogP contribution in [0.3, 0.4) is 0 Å². The van der Waals surface area contributed by atoms with Gasteiger partial charge in [0.25, 0.3) is 0 Å². The fourth-order valence-electron chi connectivity index (χ4n) is 7.71. The second-order valence-electron chi connectivity index (χ2n) is 17.6. The fourth-order valence-corrected chi connectivity index (χ4v) is 7.71. The van der Waals surface area contributed by atoms with Crippen molar-refractivity contribution in [3.05, 3.63) is 36.5 Å². The molecule has 0 aromatic heterocycles. The third kappa shape index (κ3) is 48.7. The highest BCUT2D eigenvalue weighted by Crippen LogP contribution is 2.17. The smallest absolute Gasteiger partial charge is 0.306 e. The van der Waals surface area contributed by atoms with Crippen LogP contribution in [0.15, 0.2) is 36.5 Å². The van der Waals surface area contributed by atoms with Crippen molar-refractivity contribution in [2.24, 2.45) is 0 Å². The Bertz CT molecular complexity index is 939. The van der Waals surface area contributed by atoms with E-state index in [1.807, 2.05) is 0 Å². The molecule has 0 saturated carbocycles. The monoisotopic (exact) mass is 829 g/mol. The molecule has 0 rings (SSSR count). The zero-order valence-corrected chi connectivity index (χ0v) is 39.5. The van der Waals surface area contributed by atoms with E-state index in [4.69, 9.17) is 9.47 Å². The molecule has 1 atom stereocenters. The summed E-state index contributed by atoms with van der Waals surface area (Å²) in [5, 5.41) is 9.58. The third-order valence-electron chi connectivity index (χ3n) is 11.6. The molecule has 0 amide bonds. The van der Waals surface area contributed by atoms with Gasteiger partial charge < -0.3 is 14.6 Å². The van der Waals surface area contributed by atoms with Crippen molar-refractivity contribution in [1.82, 2.24) is 0 Å². The second-order valence-corrected chi connectivity index (χ2v) is 17.6. The number of aliphatic hydroxyl groups excluding tert-OH is 1. The van der Waals surface area contributed by atoms with Gasteiger partial charge in [0.1, 0.15) is 6.61 Å². The SMILES string of the molecule is CCC/C=C\CCCCCCCC(=O)OCC(CO)OC(=O)CCCCCCCCCCCCCCCCCCCCCCCCC/C=C\C/C=C\CCCCCCC. The first-order chi connectivity index (χ1) is 29.1. The Morgan fingerprint density at radius 1 is 0.390 bits per heavy atom. The molecule has 5 nitrogen and oxygen atoms in total. The Hall–Kier alpha value is -1.88. The summed E-state index contributed by atoms with van der Waals surface area (Å²) in [6.45, 7) is 4.08. The molecule has 0 aliphatic heterocycles. The van der Waals surface area contributed by atoms with Gasteiger partial charge in [-0.25, -0.2) is 0 Å². The summed E-state index contributed by atoms with van der Waals surface area (Å²) in [6, 6.07) is 0. The van der Waals surface area contributed by atoms with Crippen LogP contribution in [0, 0.1) is 0 Å². The molecule has 0 radical (unpaired) electrons. The van der Waals surface area contributed by atoms with Crippen molar-refractivity contribution in [3.63, 3.8) is 0 Å². The second kappa shape index (κ2) is 50.5. The summed E-state index contributed by atoms with van der Waals surface area (Å²) in [5.41, 5.74) is 0. The van der Waals surface area contributed by atoms with Crippen LogP contribution in [0.2, 0.25) is 0 Å². The summed E-state index contributed by atoms with van der Waals surface area (Å²) in [7, 11) is 0. The highest BCUT2D eigenvalue weighted by atomic mass is 16.6. The maximum absolute atomic E-state index is 12.2. The van der Waals surface area contributed by atoms with E-state index < -0.39 is 6.10 Å². The molecule has 59 heavy (non-hydrogen) atoms. The van der Waals surface area contributed by atoms with Crippen molar-refractivity contribution in [1.29, 1.82) is 0 Å². The number of allylic oxidation sites excluding steroid dienone is 6. The molecule has 5 heteroatoms. The first-order valence-electron chi connectivity index (χ1n) is 26.0. The lowest BCUT2D eigenvalue weighted by molar-refractivity contribution is -0.161. The minimum absolute atomic E-state index is 0.0666. The summed E-state index contributed by atoms with van der Waals surface area (Å²) in [6.07, 6.45) is 64.2.